The number of nitrogens with one attached hydrogen (secondary N) is 1. The van der Waals surface area contributed by atoms with Crippen molar-refractivity contribution in [3.05, 3.63) is 65.2 Å². The van der Waals surface area contributed by atoms with Crippen molar-refractivity contribution in [1.82, 2.24) is 0 Å². The van der Waals surface area contributed by atoms with Crippen LogP contribution in [0.2, 0.25) is 0 Å². The van der Waals surface area contributed by atoms with Gasteiger partial charge in [0.15, 0.2) is 5.78 Å². The number of benzene rings is 2. The van der Waals surface area contributed by atoms with Crippen LogP contribution in [0.1, 0.15) is 49.2 Å². The molecule has 2 nitrogen and oxygen atoms in total. The number of hydrogen-bond acceptors (Lipinski definition) is 2. The molecule has 0 spiro atoms. The second kappa shape index (κ2) is 6.13. The van der Waals surface area contributed by atoms with Gasteiger partial charge in [0.1, 0.15) is 0 Å². The van der Waals surface area contributed by atoms with Crippen molar-refractivity contribution >= 4 is 11.5 Å². The third kappa shape index (κ3) is 4.19. The minimum Gasteiger partial charge on any atom is -0.381 e. The van der Waals surface area contributed by atoms with Crippen LogP contribution in [-0.4, -0.2) is 5.78 Å². The van der Waals surface area contributed by atoms with Crippen LogP contribution in [-0.2, 0) is 12.0 Å². The highest BCUT2D eigenvalue weighted by Crippen LogP contribution is 2.22. The van der Waals surface area contributed by atoms with E-state index in [1.165, 1.54) is 11.1 Å². The van der Waals surface area contributed by atoms with Crippen LogP contribution in [0.4, 0.5) is 5.69 Å². The van der Waals surface area contributed by atoms with Crippen LogP contribution < -0.4 is 5.32 Å². The second-order valence-electron chi connectivity index (χ2n) is 6.43. The van der Waals surface area contributed by atoms with Crippen molar-refractivity contribution < 1.29 is 4.79 Å². The van der Waals surface area contributed by atoms with Crippen molar-refractivity contribution in [2.24, 2.45) is 0 Å². The van der Waals surface area contributed by atoms with Gasteiger partial charge in [-0.25, -0.2) is 0 Å². The number of anilines is 1. The van der Waals surface area contributed by atoms with Crippen LogP contribution in [0.3, 0.4) is 0 Å². The van der Waals surface area contributed by atoms with Gasteiger partial charge in [-0.1, -0.05) is 45.0 Å². The summed E-state index contributed by atoms with van der Waals surface area (Å²) in [6.45, 7) is 9.02. The maximum atomic E-state index is 11.2. The summed E-state index contributed by atoms with van der Waals surface area (Å²) in [6.07, 6.45) is 0. The van der Waals surface area contributed by atoms with Gasteiger partial charge in [0.2, 0.25) is 0 Å². The van der Waals surface area contributed by atoms with E-state index in [2.05, 4.69) is 50.4 Å². The van der Waals surface area contributed by atoms with Crippen LogP contribution in [0.25, 0.3) is 0 Å². The minimum atomic E-state index is 0.0966. The zero-order valence-corrected chi connectivity index (χ0v) is 13.2. The predicted octanol–water partition coefficient (Wildman–Crippen LogP) is 4.80. The minimum absolute atomic E-state index is 0.0966. The summed E-state index contributed by atoms with van der Waals surface area (Å²) < 4.78 is 0. The maximum absolute atomic E-state index is 11.2. The fraction of sp³-hybridized carbons (Fsp3) is 0.316. The molecule has 0 saturated heterocycles. The number of hydrogen-bond donors (Lipinski definition) is 1. The van der Waals surface area contributed by atoms with E-state index in [1.54, 1.807) is 6.92 Å². The summed E-state index contributed by atoms with van der Waals surface area (Å²) in [6, 6.07) is 16.3. The molecule has 21 heavy (non-hydrogen) atoms. The lowest BCUT2D eigenvalue weighted by atomic mass is 9.87. The van der Waals surface area contributed by atoms with E-state index < -0.39 is 0 Å². The smallest absolute Gasteiger partial charge is 0.159 e. The fourth-order valence-corrected chi connectivity index (χ4v) is 2.15. The summed E-state index contributed by atoms with van der Waals surface area (Å²) in [4.78, 5) is 11.2. The quantitative estimate of drug-likeness (QED) is 0.816. The Morgan fingerprint density at radius 3 is 2.00 bits per heavy atom. The van der Waals surface area contributed by atoms with E-state index in [4.69, 9.17) is 0 Å². The van der Waals surface area contributed by atoms with Crippen molar-refractivity contribution in [3.8, 4) is 0 Å². The molecule has 110 valence electrons. The lowest BCUT2D eigenvalue weighted by Crippen LogP contribution is -2.11. The molecule has 0 fully saturated rings. The molecule has 0 bridgehead atoms. The van der Waals surface area contributed by atoms with Crippen molar-refractivity contribution in [2.45, 2.75) is 39.7 Å². The first-order chi connectivity index (χ1) is 9.86. The standard InChI is InChI=1S/C19H23NO/c1-14(21)16-7-11-18(12-8-16)20-13-15-5-9-17(10-6-15)19(2,3)4/h5-12,20H,13H2,1-4H3. The predicted molar refractivity (Wildman–Crippen MR) is 88.9 cm³/mol. The molecule has 0 atom stereocenters. The first-order valence-electron chi connectivity index (χ1n) is 7.30. The molecule has 0 unspecified atom stereocenters. The summed E-state index contributed by atoms with van der Waals surface area (Å²) in [5, 5.41) is 3.37. The Morgan fingerprint density at radius 1 is 0.952 bits per heavy atom. The van der Waals surface area contributed by atoms with E-state index in [0.29, 0.717) is 0 Å². The molecule has 2 aromatic rings. The average molecular weight is 281 g/mol. The third-order valence-electron chi connectivity index (χ3n) is 3.61. The zero-order valence-electron chi connectivity index (χ0n) is 13.2. The Bertz CT molecular complexity index is 604. The van der Waals surface area contributed by atoms with Crippen molar-refractivity contribution in [1.29, 1.82) is 0 Å². The number of carbonyl (C=O) groups excluding carboxylic acids is 1. The van der Waals surface area contributed by atoms with E-state index in [1.807, 2.05) is 24.3 Å². The Morgan fingerprint density at radius 2 is 1.52 bits per heavy atom. The molecule has 0 amide bonds. The molecule has 0 aromatic heterocycles. The van der Waals surface area contributed by atoms with Crippen LogP contribution in [0.15, 0.2) is 48.5 Å². The Hall–Kier alpha value is -2.09. The van der Waals surface area contributed by atoms with E-state index >= 15 is 0 Å². The first kappa shape index (κ1) is 15.3. The number of ketones is 1. The Kier molecular flexibility index (Phi) is 4.46. The first-order valence-corrected chi connectivity index (χ1v) is 7.30. The van der Waals surface area contributed by atoms with E-state index in [9.17, 15) is 4.79 Å². The van der Waals surface area contributed by atoms with E-state index in [0.717, 1.165) is 17.8 Å². The van der Waals surface area contributed by atoms with Gasteiger partial charge in [-0.3, -0.25) is 4.79 Å². The molecule has 2 heteroatoms. The molecule has 0 aliphatic heterocycles. The number of Topliss-reactive ketones (excluding diaryl/α,β-unsaturated/α-hetero) is 1. The van der Waals surface area contributed by atoms with Crippen LogP contribution >= 0.6 is 0 Å². The van der Waals surface area contributed by atoms with Crippen molar-refractivity contribution in [2.75, 3.05) is 5.32 Å². The Labute approximate surface area is 127 Å². The zero-order chi connectivity index (χ0) is 15.5. The van der Waals surface area contributed by atoms with E-state index in [-0.39, 0.29) is 11.2 Å². The Balaban J connectivity index is 1.98. The van der Waals surface area contributed by atoms with Crippen LogP contribution in [0, 0.1) is 0 Å². The van der Waals surface area contributed by atoms with Gasteiger partial charge in [0.25, 0.3) is 0 Å². The highest BCUT2D eigenvalue weighted by atomic mass is 16.1. The molecule has 0 heterocycles. The lowest BCUT2D eigenvalue weighted by molar-refractivity contribution is 0.101. The van der Waals surface area contributed by atoms with Gasteiger partial charge in [-0.2, -0.15) is 0 Å². The molecule has 0 saturated carbocycles. The molecule has 1 N–H and O–H groups in total. The van der Waals surface area contributed by atoms with Gasteiger partial charge in [-0.05, 0) is 47.7 Å². The van der Waals surface area contributed by atoms with Gasteiger partial charge in [-0.15, -0.1) is 0 Å². The van der Waals surface area contributed by atoms with Gasteiger partial charge >= 0.3 is 0 Å². The highest BCUT2D eigenvalue weighted by Gasteiger charge is 2.12. The molecule has 2 aromatic carbocycles. The normalized spacial score (nSPS) is 11.2. The average Bonchev–Trinajstić information content (AvgIpc) is 2.45. The molecule has 0 aliphatic carbocycles. The SMILES string of the molecule is CC(=O)c1ccc(NCc2ccc(C(C)(C)C)cc2)cc1. The van der Waals surface area contributed by atoms with Gasteiger partial charge in [0, 0.05) is 17.8 Å². The highest BCUT2D eigenvalue weighted by molar-refractivity contribution is 5.94. The number of rotatable bonds is 4. The monoisotopic (exact) mass is 281 g/mol. The van der Waals surface area contributed by atoms with Crippen molar-refractivity contribution in [3.63, 3.8) is 0 Å². The summed E-state index contributed by atoms with van der Waals surface area (Å²) in [5.74, 6) is 0.0966. The maximum Gasteiger partial charge on any atom is 0.159 e. The fourth-order valence-electron chi connectivity index (χ4n) is 2.15. The molecular formula is C19H23NO. The number of carbonyl (C=O) groups is 1. The molecule has 2 rings (SSSR count). The summed E-state index contributed by atoms with van der Waals surface area (Å²) in [7, 11) is 0. The summed E-state index contributed by atoms with van der Waals surface area (Å²) >= 11 is 0. The molecule has 0 aliphatic rings. The molecular weight excluding hydrogens is 258 g/mol. The lowest BCUT2D eigenvalue weighted by Gasteiger charge is -2.19. The van der Waals surface area contributed by atoms with Crippen LogP contribution in [0.5, 0.6) is 0 Å². The summed E-state index contributed by atoms with van der Waals surface area (Å²) in [5.41, 5.74) is 4.56. The second-order valence-corrected chi connectivity index (χ2v) is 6.43. The largest absolute Gasteiger partial charge is 0.381 e. The van der Waals surface area contributed by atoms with Gasteiger partial charge < -0.3 is 5.32 Å². The van der Waals surface area contributed by atoms with Gasteiger partial charge in [0.05, 0.1) is 0 Å². The third-order valence-corrected chi connectivity index (χ3v) is 3.61. The molecule has 0 radical (unpaired) electrons. The topological polar surface area (TPSA) is 29.1 Å².